The summed E-state index contributed by atoms with van der Waals surface area (Å²) in [6.07, 6.45) is 0.739. The van der Waals surface area contributed by atoms with E-state index in [1.165, 1.54) is 4.90 Å². The van der Waals surface area contributed by atoms with Crippen molar-refractivity contribution in [2.45, 2.75) is 32.7 Å². The molecular weight excluding hydrogens is 280 g/mol. The van der Waals surface area contributed by atoms with E-state index in [4.69, 9.17) is 4.74 Å². The normalized spacial score (nSPS) is 21.0. The van der Waals surface area contributed by atoms with Gasteiger partial charge in [0.2, 0.25) is 0 Å². The molecule has 0 aromatic heterocycles. The van der Waals surface area contributed by atoms with Crippen LogP contribution in [0.3, 0.4) is 0 Å². The minimum Gasteiger partial charge on any atom is -0.489 e. The lowest BCUT2D eigenvalue weighted by Gasteiger charge is -2.22. The van der Waals surface area contributed by atoms with Crippen LogP contribution in [0.15, 0.2) is 36.4 Å². The van der Waals surface area contributed by atoms with Gasteiger partial charge in [-0.15, -0.1) is 0 Å². The van der Waals surface area contributed by atoms with Gasteiger partial charge in [-0.3, -0.25) is 9.69 Å². The largest absolute Gasteiger partial charge is 0.489 e. The Labute approximate surface area is 130 Å². The molecule has 0 spiro atoms. The fourth-order valence-corrected chi connectivity index (χ4v) is 2.41. The molecule has 5 heteroatoms. The first-order valence-electron chi connectivity index (χ1n) is 7.40. The highest BCUT2D eigenvalue weighted by atomic mass is 16.5. The van der Waals surface area contributed by atoms with Crippen LogP contribution in [0, 0.1) is 0 Å². The predicted octanol–water partition coefficient (Wildman–Crippen LogP) is 2.82. The van der Waals surface area contributed by atoms with Crippen molar-refractivity contribution in [2.75, 3.05) is 13.2 Å². The molecule has 2 rings (SSSR count). The molecule has 1 saturated heterocycles. The molecule has 1 N–H and O–H groups in total. The molecule has 118 valence electrons. The quantitative estimate of drug-likeness (QED) is 0.649. The summed E-state index contributed by atoms with van der Waals surface area (Å²) in [4.78, 5) is 25.8. The molecule has 1 aliphatic rings. The van der Waals surface area contributed by atoms with Crippen LogP contribution in [-0.2, 0) is 10.3 Å². The number of nitrogens with one attached hydrogen (secondary N) is 1. The number of carbonyl (C=O) groups is 2. The molecule has 1 atom stereocenters. The van der Waals surface area contributed by atoms with E-state index in [0.29, 0.717) is 18.9 Å². The first-order chi connectivity index (χ1) is 10.4. The summed E-state index contributed by atoms with van der Waals surface area (Å²) < 4.78 is 5.54. The Morgan fingerprint density at radius 3 is 2.50 bits per heavy atom. The van der Waals surface area contributed by atoms with E-state index in [2.05, 4.69) is 11.9 Å². The van der Waals surface area contributed by atoms with Gasteiger partial charge in [0.05, 0.1) is 0 Å². The fraction of sp³-hybridized carbons (Fsp3) is 0.412. The third-order valence-electron chi connectivity index (χ3n) is 3.64. The van der Waals surface area contributed by atoms with E-state index in [9.17, 15) is 9.59 Å². The maximum Gasteiger partial charge on any atom is 0.325 e. The van der Waals surface area contributed by atoms with Gasteiger partial charge in [0.1, 0.15) is 17.9 Å². The monoisotopic (exact) mass is 302 g/mol. The van der Waals surface area contributed by atoms with Crippen molar-refractivity contribution >= 4 is 11.9 Å². The van der Waals surface area contributed by atoms with Crippen molar-refractivity contribution < 1.29 is 14.3 Å². The van der Waals surface area contributed by atoms with Crippen molar-refractivity contribution in [3.8, 4) is 5.75 Å². The van der Waals surface area contributed by atoms with Gasteiger partial charge < -0.3 is 10.1 Å². The Morgan fingerprint density at radius 1 is 1.32 bits per heavy atom. The lowest BCUT2D eigenvalue weighted by Crippen LogP contribution is -2.40. The van der Waals surface area contributed by atoms with Crippen LogP contribution in [0.5, 0.6) is 5.75 Å². The molecule has 1 aliphatic heterocycles. The molecule has 1 fully saturated rings. The number of urea groups is 1. The highest BCUT2D eigenvalue weighted by Gasteiger charge is 2.48. The molecule has 0 aliphatic carbocycles. The number of nitrogens with zero attached hydrogens (tertiary/aromatic N) is 1. The molecule has 1 aromatic carbocycles. The van der Waals surface area contributed by atoms with E-state index in [1.807, 2.05) is 13.8 Å². The van der Waals surface area contributed by atoms with Crippen molar-refractivity contribution in [2.24, 2.45) is 0 Å². The second-order valence-corrected chi connectivity index (χ2v) is 5.78. The summed E-state index contributed by atoms with van der Waals surface area (Å²) in [5, 5.41) is 2.78. The molecule has 0 radical (unpaired) electrons. The maximum absolute atomic E-state index is 12.5. The predicted molar refractivity (Wildman–Crippen MR) is 84.6 cm³/mol. The van der Waals surface area contributed by atoms with Crippen LogP contribution >= 0.6 is 0 Å². The molecule has 3 amide bonds. The number of imide groups is 1. The van der Waals surface area contributed by atoms with Gasteiger partial charge in [-0.1, -0.05) is 25.6 Å². The lowest BCUT2D eigenvalue weighted by molar-refractivity contribution is -0.131. The summed E-state index contributed by atoms with van der Waals surface area (Å²) in [5.41, 5.74) is 0.663. The SMILES string of the molecule is C=C(C)COc1ccc(C2(C)NC(=O)N(CCC)C2=O)cc1. The molecule has 1 unspecified atom stereocenters. The zero-order chi connectivity index (χ0) is 16.3. The van der Waals surface area contributed by atoms with E-state index < -0.39 is 5.54 Å². The molecular formula is C17H22N2O3. The van der Waals surface area contributed by atoms with Gasteiger partial charge in [-0.05, 0) is 43.5 Å². The third-order valence-corrected chi connectivity index (χ3v) is 3.64. The summed E-state index contributed by atoms with van der Waals surface area (Å²) in [6.45, 7) is 10.2. The molecule has 0 bridgehead atoms. The number of benzene rings is 1. The van der Waals surface area contributed by atoms with Crippen molar-refractivity contribution in [1.82, 2.24) is 10.2 Å². The molecule has 22 heavy (non-hydrogen) atoms. The Hall–Kier alpha value is -2.30. The van der Waals surface area contributed by atoms with Crippen LogP contribution in [0.1, 0.15) is 32.8 Å². The zero-order valence-corrected chi connectivity index (χ0v) is 13.3. The standard InChI is InChI=1S/C17H22N2O3/c1-5-10-19-15(20)17(4,18-16(19)21)13-6-8-14(9-7-13)22-11-12(2)3/h6-9H,2,5,10-11H2,1,3-4H3,(H,18,21). The molecule has 5 nitrogen and oxygen atoms in total. The summed E-state index contributed by atoms with van der Waals surface area (Å²) in [5.74, 6) is 0.493. The molecule has 0 saturated carbocycles. The average molecular weight is 302 g/mol. The van der Waals surface area contributed by atoms with Crippen molar-refractivity contribution in [3.05, 3.63) is 42.0 Å². The minimum absolute atomic E-state index is 0.213. The molecule has 1 aromatic rings. The number of hydrogen-bond donors (Lipinski definition) is 1. The number of hydrogen-bond acceptors (Lipinski definition) is 3. The zero-order valence-electron chi connectivity index (χ0n) is 13.3. The summed E-state index contributed by atoms with van der Waals surface area (Å²) >= 11 is 0. The smallest absolute Gasteiger partial charge is 0.325 e. The van der Waals surface area contributed by atoms with E-state index in [1.54, 1.807) is 31.2 Å². The van der Waals surface area contributed by atoms with E-state index in [0.717, 1.165) is 17.6 Å². The summed E-state index contributed by atoms with van der Waals surface area (Å²) in [6, 6.07) is 6.87. The van der Waals surface area contributed by atoms with Crippen LogP contribution in [0.2, 0.25) is 0 Å². The van der Waals surface area contributed by atoms with E-state index >= 15 is 0 Å². The second-order valence-electron chi connectivity index (χ2n) is 5.78. The topological polar surface area (TPSA) is 58.6 Å². The number of amides is 3. The van der Waals surface area contributed by atoms with Gasteiger partial charge >= 0.3 is 6.03 Å². The second kappa shape index (κ2) is 6.22. The van der Waals surface area contributed by atoms with Crippen LogP contribution in [0.25, 0.3) is 0 Å². The third kappa shape index (κ3) is 2.98. The highest BCUT2D eigenvalue weighted by molar-refractivity contribution is 6.07. The Morgan fingerprint density at radius 2 is 1.95 bits per heavy atom. The summed E-state index contributed by atoms with van der Waals surface area (Å²) in [7, 11) is 0. The maximum atomic E-state index is 12.5. The van der Waals surface area contributed by atoms with Gasteiger partial charge in [0, 0.05) is 6.54 Å². The Bertz CT molecular complexity index is 594. The molecule has 1 heterocycles. The highest BCUT2D eigenvalue weighted by Crippen LogP contribution is 2.30. The van der Waals surface area contributed by atoms with Gasteiger partial charge in [0.25, 0.3) is 5.91 Å². The van der Waals surface area contributed by atoms with Gasteiger partial charge in [-0.2, -0.15) is 0 Å². The van der Waals surface area contributed by atoms with Crippen molar-refractivity contribution in [3.63, 3.8) is 0 Å². The van der Waals surface area contributed by atoms with Gasteiger partial charge in [0.15, 0.2) is 0 Å². The number of carbonyl (C=O) groups excluding carboxylic acids is 2. The van der Waals surface area contributed by atoms with Crippen LogP contribution < -0.4 is 10.1 Å². The first-order valence-corrected chi connectivity index (χ1v) is 7.40. The Balaban J connectivity index is 2.18. The number of ether oxygens (including phenoxy) is 1. The van der Waals surface area contributed by atoms with Gasteiger partial charge in [-0.25, -0.2) is 4.79 Å². The first kappa shape index (κ1) is 16.1. The van der Waals surface area contributed by atoms with Crippen LogP contribution in [0.4, 0.5) is 4.79 Å². The van der Waals surface area contributed by atoms with E-state index in [-0.39, 0.29) is 11.9 Å². The Kier molecular flexibility index (Phi) is 4.54. The minimum atomic E-state index is -1.01. The number of rotatable bonds is 6. The van der Waals surface area contributed by atoms with Crippen molar-refractivity contribution in [1.29, 1.82) is 0 Å². The van der Waals surface area contributed by atoms with Crippen LogP contribution in [-0.4, -0.2) is 30.0 Å². The fourth-order valence-electron chi connectivity index (χ4n) is 2.41. The lowest BCUT2D eigenvalue weighted by atomic mass is 9.92. The average Bonchev–Trinajstić information content (AvgIpc) is 2.70.